The molecule has 13 heavy (non-hydrogen) atoms. The largest absolute Gasteiger partial charge is 0.480 e. The zero-order valence-electron chi connectivity index (χ0n) is 7.53. The smallest absolute Gasteiger partial charge is 0.323 e. The zero-order valence-corrected chi connectivity index (χ0v) is 8.35. The van der Waals surface area contributed by atoms with Gasteiger partial charge in [-0.05, 0) is 31.1 Å². The molecule has 0 radical (unpaired) electrons. The van der Waals surface area contributed by atoms with Gasteiger partial charge in [-0.3, -0.25) is 4.79 Å². The maximum atomic E-state index is 10.9. The van der Waals surface area contributed by atoms with E-state index in [0.29, 0.717) is 24.7 Å². The van der Waals surface area contributed by atoms with Crippen LogP contribution in [0.25, 0.3) is 0 Å². The molecule has 2 fully saturated rings. The van der Waals surface area contributed by atoms with Crippen molar-refractivity contribution in [2.75, 3.05) is 0 Å². The number of rotatable bonds is 1. The van der Waals surface area contributed by atoms with Crippen molar-refractivity contribution in [3.8, 4) is 0 Å². The molecule has 76 valence electrons. The summed E-state index contributed by atoms with van der Waals surface area (Å²) in [6.45, 7) is 0. The topological polar surface area (TPSA) is 63.3 Å². The molecular weight excluding hydrogens is 190 g/mol. The molecule has 0 aliphatic heterocycles. The van der Waals surface area contributed by atoms with Crippen molar-refractivity contribution >= 4 is 18.4 Å². The lowest BCUT2D eigenvalue weighted by Gasteiger charge is -2.33. The summed E-state index contributed by atoms with van der Waals surface area (Å²) in [5.74, 6) is 0.369. The summed E-state index contributed by atoms with van der Waals surface area (Å²) in [4.78, 5) is 10.9. The lowest BCUT2D eigenvalue weighted by Crippen LogP contribution is -2.51. The third-order valence-electron chi connectivity index (χ3n) is 3.38. The molecule has 0 heterocycles. The van der Waals surface area contributed by atoms with Gasteiger partial charge in [-0.2, -0.15) is 0 Å². The fraction of sp³-hybridized carbons (Fsp3) is 0.889. The number of halogens is 1. The van der Waals surface area contributed by atoms with Gasteiger partial charge in [0.1, 0.15) is 5.54 Å². The maximum absolute atomic E-state index is 10.9. The average Bonchev–Trinajstić information content (AvgIpc) is 2.30. The highest BCUT2D eigenvalue weighted by Gasteiger charge is 2.45. The van der Waals surface area contributed by atoms with E-state index in [2.05, 4.69) is 0 Å². The van der Waals surface area contributed by atoms with Crippen LogP contribution < -0.4 is 5.73 Å². The lowest BCUT2D eigenvalue weighted by atomic mass is 9.76. The van der Waals surface area contributed by atoms with Crippen molar-refractivity contribution < 1.29 is 9.90 Å². The van der Waals surface area contributed by atoms with E-state index >= 15 is 0 Å². The van der Waals surface area contributed by atoms with Gasteiger partial charge in [-0.1, -0.05) is 12.8 Å². The first-order valence-corrected chi connectivity index (χ1v) is 4.62. The zero-order chi connectivity index (χ0) is 8.77. The Morgan fingerprint density at radius 3 is 2.15 bits per heavy atom. The van der Waals surface area contributed by atoms with Crippen LogP contribution in [-0.2, 0) is 4.79 Å². The molecule has 0 aromatic rings. The van der Waals surface area contributed by atoms with E-state index in [4.69, 9.17) is 10.8 Å². The summed E-state index contributed by atoms with van der Waals surface area (Å²) in [7, 11) is 0. The highest BCUT2D eigenvalue weighted by molar-refractivity contribution is 5.85. The molecule has 2 aliphatic carbocycles. The van der Waals surface area contributed by atoms with E-state index in [0.717, 1.165) is 0 Å². The number of carboxylic acid groups (broad SMARTS) is 1. The van der Waals surface area contributed by atoms with Gasteiger partial charge < -0.3 is 10.8 Å². The lowest BCUT2D eigenvalue weighted by molar-refractivity contribution is -0.145. The van der Waals surface area contributed by atoms with Gasteiger partial charge in [0, 0.05) is 0 Å². The van der Waals surface area contributed by atoms with Crippen molar-refractivity contribution in [1.29, 1.82) is 0 Å². The van der Waals surface area contributed by atoms with Crippen LogP contribution in [-0.4, -0.2) is 16.6 Å². The van der Waals surface area contributed by atoms with Crippen LogP contribution in [0.15, 0.2) is 0 Å². The first-order valence-electron chi connectivity index (χ1n) is 4.62. The van der Waals surface area contributed by atoms with Crippen LogP contribution in [0.5, 0.6) is 0 Å². The first kappa shape index (κ1) is 10.8. The van der Waals surface area contributed by atoms with E-state index in [9.17, 15) is 4.79 Å². The molecule has 0 spiro atoms. The fourth-order valence-corrected chi connectivity index (χ4v) is 2.84. The molecule has 2 aliphatic rings. The molecule has 2 bridgehead atoms. The van der Waals surface area contributed by atoms with Crippen LogP contribution in [0, 0.1) is 11.8 Å². The van der Waals surface area contributed by atoms with Gasteiger partial charge in [-0.25, -0.2) is 0 Å². The van der Waals surface area contributed by atoms with Crippen LogP contribution >= 0.6 is 12.4 Å². The van der Waals surface area contributed by atoms with E-state index in [-0.39, 0.29) is 12.4 Å². The van der Waals surface area contributed by atoms with Crippen molar-refractivity contribution in [1.82, 2.24) is 0 Å². The van der Waals surface area contributed by atoms with Crippen LogP contribution in [0.2, 0.25) is 0 Å². The molecule has 2 saturated carbocycles. The quantitative estimate of drug-likeness (QED) is 0.680. The van der Waals surface area contributed by atoms with E-state index in [1.165, 1.54) is 19.3 Å². The molecule has 4 heteroatoms. The second-order valence-corrected chi connectivity index (χ2v) is 4.41. The summed E-state index contributed by atoms with van der Waals surface area (Å²) >= 11 is 0. The number of carboxylic acids is 1. The van der Waals surface area contributed by atoms with E-state index in [1.54, 1.807) is 0 Å². The minimum Gasteiger partial charge on any atom is -0.480 e. The van der Waals surface area contributed by atoms with Crippen molar-refractivity contribution in [2.45, 2.75) is 37.6 Å². The molecule has 3 N–H and O–H groups in total. The summed E-state index contributed by atoms with van der Waals surface area (Å²) in [6, 6.07) is 0. The minimum atomic E-state index is -0.899. The molecule has 0 saturated heterocycles. The summed E-state index contributed by atoms with van der Waals surface area (Å²) in [5, 5.41) is 8.94. The van der Waals surface area contributed by atoms with Gasteiger partial charge in [0.15, 0.2) is 0 Å². The molecule has 2 unspecified atom stereocenters. The average molecular weight is 206 g/mol. The summed E-state index contributed by atoms with van der Waals surface area (Å²) in [6.07, 6.45) is 4.98. The van der Waals surface area contributed by atoms with Crippen LogP contribution in [0.4, 0.5) is 0 Å². The van der Waals surface area contributed by atoms with Gasteiger partial charge >= 0.3 is 5.97 Å². The second kappa shape index (κ2) is 3.46. The number of hydrogen-bond acceptors (Lipinski definition) is 2. The van der Waals surface area contributed by atoms with Crippen molar-refractivity contribution in [3.63, 3.8) is 0 Å². The Morgan fingerprint density at radius 1 is 1.31 bits per heavy atom. The Balaban J connectivity index is 0.000000845. The van der Waals surface area contributed by atoms with Crippen molar-refractivity contribution in [2.24, 2.45) is 17.6 Å². The summed E-state index contributed by atoms with van der Waals surface area (Å²) < 4.78 is 0. The molecule has 2 rings (SSSR count). The number of fused-ring (bicyclic) bond motifs is 2. The molecule has 3 nitrogen and oxygen atoms in total. The van der Waals surface area contributed by atoms with Crippen LogP contribution in [0.1, 0.15) is 32.1 Å². The Bertz CT molecular complexity index is 208. The van der Waals surface area contributed by atoms with Gasteiger partial charge in [0.2, 0.25) is 0 Å². The third kappa shape index (κ3) is 1.81. The molecule has 0 aromatic carbocycles. The molecule has 0 amide bonds. The standard InChI is InChI=1S/C9H15NO2.ClH/c10-9(8(11)12)4-6-1-2-7(3-6)5-9;/h6-7H,1-5,10H2,(H,11,12);1H. The van der Waals surface area contributed by atoms with E-state index < -0.39 is 11.5 Å². The van der Waals surface area contributed by atoms with Gasteiger partial charge in [-0.15, -0.1) is 12.4 Å². The molecular formula is C9H16ClNO2. The van der Waals surface area contributed by atoms with Gasteiger partial charge in [0.25, 0.3) is 0 Å². The minimum absolute atomic E-state index is 0. The Labute approximate surface area is 84.1 Å². The number of carbonyl (C=O) groups is 1. The van der Waals surface area contributed by atoms with E-state index in [1.807, 2.05) is 0 Å². The fourth-order valence-electron chi connectivity index (χ4n) is 2.84. The predicted molar refractivity (Wildman–Crippen MR) is 51.9 cm³/mol. The number of hydrogen-bond donors (Lipinski definition) is 2. The van der Waals surface area contributed by atoms with Crippen molar-refractivity contribution in [3.05, 3.63) is 0 Å². The maximum Gasteiger partial charge on any atom is 0.323 e. The number of aliphatic carboxylic acids is 1. The van der Waals surface area contributed by atoms with Gasteiger partial charge in [0.05, 0.1) is 0 Å². The normalized spacial score (nSPS) is 42.5. The molecule has 2 atom stereocenters. The first-order chi connectivity index (χ1) is 5.60. The highest BCUT2D eigenvalue weighted by atomic mass is 35.5. The SMILES string of the molecule is Cl.NC1(C(=O)O)CC2CCC(C2)C1. The Morgan fingerprint density at radius 2 is 1.77 bits per heavy atom. The third-order valence-corrected chi connectivity index (χ3v) is 3.38. The van der Waals surface area contributed by atoms with Crippen LogP contribution in [0.3, 0.4) is 0 Å². The molecule has 0 aromatic heterocycles. The second-order valence-electron chi connectivity index (χ2n) is 4.41. The monoisotopic (exact) mass is 205 g/mol. The Hall–Kier alpha value is -0.280. The highest BCUT2D eigenvalue weighted by Crippen LogP contribution is 2.45. The summed E-state index contributed by atoms with van der Waals surface area (Å²) in [5.41, 5.74) is 4.92. The Kier molecular flexibility index (Phi) is 2.88. The predicted octanol–water partition coefficient (Wildman–Crippen LogP) is 1.40. The number of nitrogens with two attached hydrogens (primary N) is 1.